The number of hydrogen-bond acceptors (Lipinski definition) is 22. The minimum atomic E-state index is -5.98. The van der Waals surface area contributed by atoms with Crippen LogP contribution in [0.25, 0.3) is 17.1 Å². The number of benzene rings is 6. The van der Waals surface area contributed by atoms with Crippen LogP contribution in [0.3, 0.4) is 0 Å². The summed E-state index contributed by atoms with van der Waals surface area (Å²) in [5.74, 6) is -13.8. The van der Waals surface area contributed by atoms with Gasteiger partial charge in [-0.2, -0.15) is 0 Å². The van der Waals surface area contributed by atoms with Crippen molar-refractivity contribution in [2.24, 2.45) is 0 Å². The smallest absolute Gasteiger partial charge is 0.493 e. The van der Waals surface area contributed by atoms with Crippen LogP contribution in [0.1, 0.15) is 38.5 Å². The number of halogens is 15. The van der Waals surface area contributed by atoms with Gasteiger partial charge in [-0.25, -0.2) is 45.9 Å². The molecule has 0 saturated heterocycles. The molecule has 0 aliphatic heterocycles. The van der Waals surface area contributed by atoms with Gasteiger partial charge in [0.2, 0.25) is 0 Å². The molecule has 3 aliphatic carbocycles. The number of aromatic nitrogens is 6. The van der Waals surface area contributed by atoms with E-state index in [0.29, 0.717) is 14.7 Å². The van der Waals surface area contributed by atoms with Crippen molar-refractivity contribution < 1.29 is 127 Å². The molecule has 3 heterocycles. The summed E-state index contributed by atoms with van der Waals surface area (Å²) < 4.78 is 294. The van der Waals surface area contributed by atoms with Crippen molar-refractivity contribution in [2.45, 2.75) is 122 Å². The number of phosphoric ester groups is 1. The maximum atomic E-state index is 16.1. The fourth-order valence-corrected chi connectivity index (χ4v) is 16.4. The number of ether oxygens (including phenoxy) is 9. The standard InChI is InChI=1S/C69H54F15N6O16PS3/c1-95-52-28-40(88-25-22-85-55(58(88)91)108-46-13-7-43(8-14-46)101-67(76,77)78)4-19-49(52)98-37-61(31-64(70,71)32-61)104-107(94,105-62(33-65(72,73)34-62)38-99-50-20-5-41(29-53(50)96-2)89-26-23-86-56(59(89)92)109-47-15-9-44(10-16-47)102-68(79,80)81)106-63(35-66(74,75)36-63)39-100-51-21-6-42(30-54(51)97-3)90-27-24-87-57(60(90)93)110-48-17-11-45(12-18-48)103-69(82,83)84/h4-30H,31-39H2,1-3H3. The topological polar surface area (TPSA) is 232 Å². The summed E-state index contributed by atoms with van der Waals surface area (Å²) in [4.78, 5) is 54.7. The number of rotatable bonds is 30. The van der Waals surface area contributed by atoms with Crippen LogP contribution in [0.5, 0.6) is 51.7 Å². The summed E-state index contributed by atoms with van der Waals surface area (Å²) in [6, 6.07) is 25.1. The number of methoxy groups -OCH3 is 3. The molecule has 0 bridgehead atoms. The van der Waals surface area contributed by atoms with Crippen LogP contribution < -0.4 is 59.3 Å². The third-order valence-corrected chi connectivity index (χ3v) is 21.2. The van der Waals surface area contributed by atoms with E-state index in [4.69, 9.17) is 42.0 Å². The van der Waals surface area contributed by atoms with Crippen molar-refractivity contribution in [3.8, 4) is 68.8 Å². The predicted octanol–water partition coefficient (Wildman–Crippen LogP) is 16.7. The first-order valence-electron chi connectivity index (χ1n) is 31.8. The van der Waals surface area contributed by atoms with Gasteiger partial charge in [-0.15, -0.1) is 39.5 Å². The minimum Gasteiger partial charge on any atom is -0.493 e. The van der Waals surface area contributed by atoms with Crippen LogP contribution in [-0.2, 0) is 18.1 Å². The molecule has 0 amide bonds. The van der Waals surface area contributed by atoms with Crippen molar-refractivity contribution >= 4 is 43.1 Å². The zero-order valence-corrected chi connectivity index (χ0v) is 59.9. The SMILES string of the molecule is COc1cc(-n2ccnc(Sc3ccc(OC(F)(F)F)cc3)c2=O)ccc1OCC1(OP(=O)(OC2(COc3ccc(-n4ccnc(Sc5ccc(OC(F)(F)F)cc5)c4=O)cc3OC)CC(F)(F)C2)OC2(COc3ccc(-n4ccnc(Sc5ccc(OC(F)(F)F)cc5)c4=O)cc3OC)CC(F)(F)C2)CC(F)(F)C1. The Morgan fingerprint density at radius 2 is 0.627 bits per heavy atom. The van der Waals surface area contributed by atoms with E-state index >= 15 is 30.9 Å². The summed E-state index contributed by atoms with van der Waals surface area (Å²) in [6.07, 6.45) is -15.6. The second kappa shape index (κ2) is 30.9. The fraction of sp³-hybridized carbons (Fsp3) is 0.304. The summed E-state index contributed by atoms with van der Waals surface area (Å²) in [5, 5.41) is -0.439. The third kappa shape index (κ3) is 19.5. The highest BCUT2D eigenvalue weighted by Crippen LogP contribution is 2.69. The van der Waals surface area contributed by atoms with E-state index in [-0.39, 0.29) is 66.6 Å². The fourth-order valence-electron chi connectivity index (χ4n) is 11.9. The summed E-state index contributed by atoms with van der Waals surface area (Å²) in [6.45, 7) is -3.06. The van der Waals surface area contributed by atoms with E-state index in [1.807, 2.05) is 0 Å². The van der Waals surface area contributed by atoms with Gasteiger partial charge >= 0.3 is 26.9 Å². The molecule has 110 heavy (non-hydrogen) atoms. The number of phosphoric acid groups is 1. The van der Waals surface area contributed by atoms with Crippen LogP contribution in [0, 0.1) is 0 Å². The molecule has 3 saturated carbocycles. The molecule has 0 spiro atoms. The molecular formula is C69H54F15N6O16PS3. The normalized spacial score (nSPS) is 16.6. The Morgan fingerprint density at radius 3 is 0.845 bits per heavy atom. The van der Waals surface area contributed by atoms with Crippen LogP contribution in [0.2, 0.25) is 0 Å². The molecule has 9 aromatic rings. The van der Waals surface area contributed by atoms with E-state index in [1.54, 1.807) is 0 Å². The second-order valence-electron chi connectivity index (χ2n) is 24.9. The summed E-state index contributed by atoms with van der Waals surface area (Å²) >= 11 is 2.38. The maximum Gasteiger partial charge on any atom is 0.573 e. The Labute approximate surface area is 623 Å². The largest absolute Gasteiger partial charge is 0.573 e. The van der Waals surface area contributed by atoms with Gasteiger partial charge in [-0.1, -0.05) is 35.3 Å². The molecule has 0 radical (unpaired) electrons. The zero-order valence-electron chi connectivity index (χ0n) is 56.5. The van der Waals surface area contributed by atoms with Gasteiger partial charge in [0.15, 0.2) is 49.6 Å². The van der Waals surface area contributed by atoms with Crippen LogP contribution in [-0.4, -0.2) is 123 Å². The van der Waals surface area contributed by atoms with Crippen molar-refractivity contribution in [3.63, 3.8) is 0 Å². The Kier molecular flexibility index (Phi) is 22.4. The molecule has 41 heteroatoms. The van der Waals surface area contributed by atoms with Crippen molar-refractivity contribution in [2.75, 3.05) is 41.2 Å². The highest BCUT2D eigenvalue weighted by atomic mass is 32.2. The first kappa shape index (κ1) is 79.8. The lowest BCUT2D eigenvalue weighted by molar-refractivity contribution is -0.275. The molecule has 3 aromatic heterocycles. The number of alkyl halides is 15. The van der Waals surface area contributed by atoms with Gasteiger partial charge < -0.3 is 42.6 Å². The Morgan fingerprint density at radius 1 is 0.382 bits per heavy atom. The highest BCUT2D eigenvalue weighted by molar-refractivity contribution is 7.99. The van der Waals surface area contributed by atoms with E-state index < -0.39 is 154 Å². The predicted molar refractivity (Wildman–Crippen MR) is 359 cm³/mol. The van der Waals surface area contributed by atoms with Gasteiger partial charge in [0.05, 0.1) is 38.4 Å². The van der Waals surface area contributed by atoms with E-state index in [0.717, 1.165) is 107 Å². The highest BCUT2D eigenvalue weighted by Gasteiger charge is 2.69. The Hall–Kier alpha value is -9.73. The van der Waals surface area contributed by atoms with Gasteiger partial charge in [-0.05, 0) is 109 Å². The monoisotopic (exact) mass is 1630 g/mol. The summed E-state index contributed by atoms with van der Waals surface area (Å²) in [5.41, 5.74) is -9.49. The molecule has 0 unspecified atom stereocenters. The average Bonchev–Trinajstić information content (AvgIpc) is 0.710. The Balaban J connectivity index is 0.830. The van der Waals surface area contributed by atoms with Crippen molar-refractivity contribution in [1.82, 2.24) is 28.7 Å². The van der Waals surface area contributed by atoms with Gasteiger partial charge in [0.25, 0.3) is 34.4 Å². The van der Waals surface area contributed by atoms with Gasteiger partial charge in [0.1, 0.15) is 53.9 Å². The lowest BCUT2D eigenvalue weighted by Crippen LogP contribution is -2.61. The molecule has 0 atom stereocenters. The van der Waals surface area contributed by atoms with E-state index in [2.05, 4.69) is 29.2 Å². The average molecular weight is 1640 g/mol. The van der Waals surface area contributed by atoms with Crippen LogP contribution in [0.4, 0.5) is 65.9 Å². The first-order valence-corrected chi connectivity index (χ1v) is 35.8. The zero-order chi connectivity index (χ0) is 79.0. The quantitative estimate of drug-likeness (QED) is 0.0301. The van der Waals surface area contributed by atoms with E-state index in [9.17, 15) is 53.9 Å². The number of nitrogens with zero attached hydrogens (tertiary/aromatic N) is 6. The molecule has 6 aromatic carbocycles. The molecule has 12 rings (SSSR count). The molecule has 584 valence electrons. The maximum absolute atomic E-state index is 16.1. The molecular weight excluding hydrogens is 1580 g/mol. The van der Waals surface area contributed by atoms with Crippen molar-refractivity contribution in [3.05, 3.63) is 196 Å². The van der Waals surface area contributed by atoms with Crippen LogP contribution in [0.15, 0.2) is 209 Å². The lowest BCUT2D eigenvalue weighted by atomic mass is 9.77. The number of hydrogen-bond donors (Lipinski definition) is 0. The van der Waals surface area contributed by atoms with Crippen molar-refractivity contribution in [1.29, 1.82) is 0 Å². The van der Waals surface area contributed by atoms with Gasteiger partial charge in [0, 0.05) is 109 Å². The Bertz CT molecular complexity index is 4580. The lowest BCUT2D eigenvalue weighted by Gasteiger charge is -2.53. The molecule has 3 fully saturated rings. The first-order chi connectivity index (χ1) is 51.7. The second-order valence-corrected chi connectivity index (χ2v) is 29.5. The van der Waals surface area contributed by atoms with Gasteiger partial charge in [-0.3, -0.25) is 41.7 Å². The van der Waals surface area contributed by atoms with Crippen LogP contribution >= 0.6 is 43.1 Å². The minimum absolute atomic E-state index is 0.0915. The molecule has 22 nitrogen and oxygen atoms in total. The third-order valence-electron chi connectivity index (χ3n) is 16.4. The van der Waals surface area contributed by atoms with E-state index in [1.165, 1.54) is 128 Å². The molecule has 3 aliphatic rings. The molecule has 0 N–H and O–H groups in total. The summed E-state index contributed by atoms with van der Waals surface area (Å²) in [7, 11) is -2.49.